The van der Waals surface area contributed by atoms with Crippen molar-refractivity contribution >= 4 is 10.1 Å². The second-order valence-electron chi connectivity index (χ2n) is 2.07. The molecule has 6 heteroatoms. The van der Waals surface area contributed by atoms with Crippen molar-refractivity contribution < 1.29 is 13.0 Å². The van der Waals surface area contributed by atoms with Crippen LogP contribution in [0.1, 0.15) is 0 Å². The molecule has 0 rings (SSSR count). The molecule has 0 fully saturated rings. The van der Waals surface area contributed by atoms with Crippen molar-refractivity contribution in [2.45, 2.75) is 0 Å². The fourth-order valence-electron chi connectivity index (χ4n) is 0.294. The predicted octanol–water partition coefficient (Wildman–Crippen LogP) is -0.531. The molecule has 0 aliphatic carbocycles. The third-order valence-corrected chi connectivity index (χ3v) is 1.47. The molecule has 0 saturated heterocycles. The first kappa shape index (κ1) is 12.5. The summed E-state index contributed by atoms with van der Waals surface area (Å²) in [4.78, 5) is 1.65. The lowest BCUT2D eigenvalue weighted by atomic mass is 10.7. The summed E-state index contributed by atoms with van der Waals surface area (Å²) in [6, 6.07) is 0. The summed E-state index contributed by atoms with van der Waals surface area (Å²) in [5, 5.41) is 0. The SMILES string of the molecule is CN(C)CCS(=O)(=O)[O-].[NH4+]. The Hall–Kier alpha value is -0.170. The Kier molecular flexibility index (Phi) is 5.77. The highest BCUT2D eigenvalue weighted by molar-refractivity contribution is 7.85. The molecule has 4 N–H and O–H groups in total. The average molecular weight is 170 g/mol. The summed E-state index contributed by atoms with van der Waals surface area (Å²) in [6.07, 6.45) is 0. The van der Waals surface area contributed by atoms with Crippen LogP contribution in [0.5, 0.6) is 0 Å². The Bertz CT molecular complexity index is 163. The van der Waals surface area contributed by atoms with Gasteiger partial charge in [-0.05, 0) is 14.1 Å². The van der Waals surface area contributed by atoms with Crippen LogP contribution in [0.15, 0.2) is 0 Å². The molecule has 0 aliphatic rings. The first-order chi connectivity index (χ1) is 3.92. The molecule has 0 bridgehead atoms. The van der Waals surface area contributed by atoms with Crippen LogP contribution in [0.25, 0.3) is 0 Å². The van der Waals surface area contributed by atoms with Crippen LogP contribution in [-0.2, 0) is 10.1 Å². The largest absolute Gasteiger partial charge is 0.748 e. The summed E-state index contributed by atoms with van der Waals surface area (Å²) >= 11 is 0. The van der Waals surface area contributed by atoms with E-state index in [9.17, 15) is 13.0 Å². The molecule has 0 aliphatic heterocycles. The first-order valence-electron chi connectivity index (χ1n) is 2.50. The minimum absolute atomic E-state index is 0. The van der Waals surface area contributed by atoms with E-state index >= 15 is 0 Å². The molecule has 0 atom stereocenters. The Balaban J connectivity index is 0. The smallest absolute Gasteiger partial charge is 0.0958 e. The van der Waals surface area contributed by atoms with E-state index in [-0.39, 0.29) is 11.9 Å². The molecule has 0 radical (unpaired) electrons. The first-order valence-corrected chi connectivity index (χ1v) is 4.08. The monoisotopic (exact) mass is 170 g/mol. The van der Waals surface area contributed by atoms with Gasteiger partial charge in [-0.15, -0.1) is 0 Å². The quantitative estimate of drug-likeness (QED) is 0.576. The van der Waals surface area contributed by atoms with Gasteiger partial charge in [0.05, 0.1) is 15.9 Å². The van der Waals surface area contributed by atoms with E-state index in [1.807, 2.05) is 0 Å². The van der Waals surface area contributed by atoms with E-state index in [4.69, 9.17) is 0 Å². The fraction of sp³-hybridized carbons (Fsp3) is 1.00. The zero-order valence-electron chi connectivity index (χ0n) is 6.49. The predicted molar refractivity (Wildman–Crippen MR) is 39.1 cm³/mol. The normalized spacial score (nSPS) is 11.2. The minimum Gasteiger partial charge on any atom is -0.748 e. The summed E-state index contributed by atoms with van der Waals surface area (Å²) < 4.78 is 29.9. The van der Waals surface area contributed by atoms with Gasteiger partial charge in [-0.3, -0.25) is 0 Å². The molecule has 64 valence electrons. The van der Waals surface area contributed by atoms with Crippen LogP contribution in [0.3, 0.4) is 0 Å². The van der Waals surface area contributed by atoms with Crippen molar-refractivity contribution in [1.29, 1.82) is 0 Å². The van der Waals surface area contributed by atoms with Gasteiger partial charge in [0, 0.05) is 6.54 Å². The molecule has 0 aromatic rings. The molecule has 5 nitrogen and oxygen atoms in total. The number of hydrogen-bond acceptors (Lipinski definition) is 4. The Labute approximate surface area is 61.4 Å². The van der Waals surface area contributed by atoms with Crippen molar-refractivity contribution in [3.63, 3.8) is 0 Å². The van der Waals surface area contributed by atoms with Crippen LogP contribution < -0.4 is 6.15 Å². The van der Waals surface area contributed by atoms with Gasteiger partial charge in [-0.1, -0.05) is 0 Å². The van der Waals surface area contributed by atoms with Crippen LogP contribution in [-0.4, -0.2) is 44.3 Å². The highest BCUT2D eigenvalue weighted by Gasteiger charge is 1.94. The number of nitrogens with zero attached hydrogens (tertiary/aromatic N) is 1. The topological polar surface area (TPSA) is 96.9 Å². The molecule has 0 unspecified atom stereocenters. The maximum Gasteiger partial charge on any atom is 0.0958 e. The maximum absolute atomic E-state index is 9.95. The third kappa shape index (κ3) is 10.7. The second-order valence-corrected chi connectivity index (χ2v) is 3.59. The van der Waals surface area contributed by atoms with Crippen molar-refractivity contribution in [3.05, 3.63) is 0 Å². The molecule has 10 heavy (non-hydrogen) atoms. The van der Waals surface area contributed by atoms with E-state index in [0.29, 0.717) is 6.54 Å². The lowest BCUT2D eigenvalue weighted by molar-refractivity contribution is 0.412. The fourth-order valence-corrected chi connectivity index (χ4v) is 0.883. The number of quaternary nitrogens is 1. The molecular formula is C4H14N2O3S. The van der Waals surface area contributed by atoms with Crippen molar-refractivity contribution in [1.82, 2.24) is 11.1 Å². The van der Waals surface area contributed by atoms with Gasteiger partial charge in [-0.2, -0.15) is 0 Å². The molecular weight excluding hydrogens is 156 g/mol. The van der Waals surface area contributed by atoms with Gasteiger partial charge in [0.25, 0.3) is 0 Å². The Morgan fingerprint density at radius 2 is 1.80 bits per heavy atom. The zero-order valence-corrected chi connectivity index (χ0v) is 7.31. The van der Waals surface area contributed by atoms with Crippen molar-refractivity contribution in [2.24, 2.45) is 0 Å². The lowest BCUT2D eigenvalue weighted by Crippen LogP contribution is -2.21. The van der Waals surface area contributed by atoms with Crippen LogP contribution >= 0.6 is 0 Å². The highest BCUT2D eigenvalue weighted by atomic mass is 32.2. The average Bonchev–Trinajstić information content (AvgIpc) is 1.59. The van der Waals surface area contributed by atoms with E-state index in [2.05, 4.69) is 0 Å². The zero-order chi connectivity index (χ0) is 7.49. The Morgan fingerprint density at radius 3 is 1.90 bits per heavy atom. The standard InChI is InChI=1S/C4H11NO3S.H3N/c1-5(2)3-4-9(6,7)8;/h3-4H2,1-2H3,(H,6,7,8);1H3. The molecule has 0 spiro atoms. The third-order valence-electron chi connectivity index (χ3n) is 0.789. The number of hydrogen-bond donors (Lipinski definition) is 1. The molecule has 0 aromatic carbocycles. The summed E-state index contributed by atoms with van der Waals surface area (Å²) in [5.74, 6) is -0.306. The summed E-state index contributed by atoms with van der Waals surface area (Å²) in [6.45, 7) is 0.297. The maximum atomic E-state index is 9.95. The molecule has 0 heterocycles. The van der Waals surface area contributed by atoms with Gasteiger partial charge in [0.1, 0.15) is 0 Å². The van der Waals surface area contributed by atoms with E-state index < -0.39 is 10.1 Å². The van der Waals surface area contributed by atoms with Gasteiger partial charge in [0.2, 0.25) is 0 Å². The van der Waals surface area contributed by atoms with Gasteiger partial charge >= 0.3 is 0 Å². The van der Waals surface area contributed by atoms with Crippen molar-refractivity contribution in [2.75, 3.05) is 26.4 Å². The molecule has 0 aromatic heterocycles. The second kappa shape index (κ2) is 4.62. The van der Waals surface area contributed by atoms with Crippen LogP contribution in [0.2, 0.25) is 0 Å². The lowest BCUT2D eigenvalue weighted by Gasteiger charge is -2.10. The van der Waals surface area contributed by atoms with E-state index in [0.717, 1.165) is 0 Å². The highest BCUT2D eigenvalue weighted by Crippen LogP contribution is 1.82. The van der Waals surface area contributed by atoms with Gasteiger partial charge < -0.3 is 15.6 Å². The van der Waals surface area contributed by atoms with Crippen LogP contribution in [0, 0.1) is 0 Å². The summed E-state index contributed by atoms with van der Waals surface area (Å²) in [5.41, 5.74) is 0. The van der Waals surface area contributed by atoms with Gasteiger partial charge in [-0.25, -0.2) is 8.42 Å². The van der Waals surface area contributed by atoms with Gasteiger partial charge in [0.15, 0.2) is 0 Å². The molecule has 0 saturated carbocycles. The van der Waals surface area contributed by atoms with E-state index in [1.54, 1.807) is 19.0 Å². The Morgan fingerprint density at radius 1 is 1.40 bits per heavy atom. The van der Waals surface area contributed by atoms with E-state index in [1.165, 1.54) is 0 Å². The summed E-state index contributed by atoms with van der Waals surface area (Å²) in [7, 11) is -0.584. The van der Waals surface area contributed by atoms with Crippen LogP contribution in [0.4, 0.5) is 0 Å². The number of rotatable bonds is 3. The molecule has 0 amide bonds. The van der Waals surface area contributed by atoms with Crippen molar-refractivity contribution in [3.8, 4) is 0 Å². The minimum atomic E-state index is -4.01.